The van der Waals surface area contributed by atoms with Crippen molar-refractivity contribution in [1.82, 2.24) is 15.3 Å². The van der Waals surface area contributed by atoms with Gasteiger partial charge in [-0.2, -0.15) is 0 Å². The minimum Gasteiger partial charge on any atom is -0.370 e. The fourth-order valence-electron chi connectivity index (χ4n) is 1.88. The Kier molecular flexibility index (Phi) is 5.95. The molecular weight excluding hydrogens is 316 g/mol. The SMILES string of the molecule is CNCCc1nccc(NCCc2ccccc2Br)n1. The van der Waals surface area contributed by atoms with E-state index in [1.165, 1.54) is 5.56 Å². The van der Waals surface area contributed by atoms with Gasteiger partial charge in [0.1, 0.15) is 11.6 Å². The summed E-state index contributed by atoms with van der Waals surface area (Å²) < 4.78 is 1.15. The quantitative estimate of drug-likeness (QED) is 0.817. The lowest BCUT2D eigenvalue weighted by Gasteiger charge is -2.08. The first-order valence-electron chi connectivity index (χ1n) is 6.73. The Bertz CT molecular complexity index is 545. The largest absolute Gasteiger partial charge is 0.370 e. The number of rotatable bonds is 7. The number of aromatic nitrogens is 2. The van der Waals surface area contributed by atoms with Crippen molar-refractivity contribution in [2.24, 2.45) is 0 Å². The third-order valence-corrected chi connectivity index (χ3v) is 3.74. The fourth-order valence-corrected chi connectivity index (χ4v) is 2.36. The minimum atomic E-state index is 0.844. The van der Waals surface area contributed by atoms with E-state index in [-0.39, 0.29) is 0 Å². The first-order valence-corrected chi connectivity index (χ1v) is 7.52. The van der Waals surface area contributed by atoms with Gasteiger partial charge in [-0.15, -0.1) is 0 Å². The van der Waals surface area contributed by atoms with E-state index in [2.05, 4.69) is 54.7 Å². The highest BCUT2D eigenvalue weighted by atomic mass is 79.9. The third-order valence-electron chi connectivity index (χ3n) is 2.96. The summed E-state index contributed by atoms with van der Waals surface area (Å²) in [5.41, 5.74) is 1.30. The van der Waals surface area contributed by atoms with Crippen LogP contribution in [0.25, 0.3) is 0 Å². The summed E-state index contributed by atoms with van der Waals surface area (Å²) in [5, 5.41) is 6.45. The van der Waals surface area contributed by atoms with Crippen molar-refractivity contribution in [1.29, 1.82) is 0 Å². The Morgan fingerprint density at radius 3 is 2.75 bits per heavy atom. The molecule has 0 aliphatic rings. The minimum absolute atomic E-state index is 0.844. The predicted octanol–water partition coefficient (Wildman–Crippen LogP) is 2.66. The van der Waals surface area contributed by atoms with E-state index in [0.29, 0.717) is 0 Å². The maximum atomic E-state index is 4.49. The molecule has 2 aromatic rings. The van der Waals surface area contributed by atoms with Crippen LogP contribution in [0.3, 0.4) is 0 Å². The van der Waals surface area contributed by atoms with Crippen molar-refractivity contribution < 1.29 is 0 Å². The smallest absolute Gasteiger partial charge is 0.131 e. The van der Waals surface area contributed by atoms with E-state index in [1.54, 1.807) is 6.20 Å². The van der Waals surface area contributed by atoms with E-state index in [9.17, 15) is 0 Å². The highest BCUT2D eigenvalue weighted by Crippen LogP contribution is 2.16. The summed E-state index contributed by atoms with van der Waals surface area (Å²) in [6.07, 6.45) is 3.60. The molecule has 1 aromatic carbocycles. The molecule has 0 spiro atoms. The van der Waals surface area contributed by atoms with Crippen molar-refractivity contribution in [2.75, 3.05) is 25.5 Å². The summed E-state index contributed by atoms with van der Waals surface area (Å²) in [6.45, 7) is 1.74. The molecule has 0 aliphatic heterocycles. The van der Waals surface area contributed by atoms with Crippen LogP contribution < -0.4 is 10.6 Å². The van der Waals surface area contributed by atoms with Crippen molar-refractivity contribution in [3.8, 4) is 0 Å². The van der Waals surface area contributed by atoms with Gasteiger partial charge in [0.2, 0.25) is 0 Å². The molecule has 20 heavy (non-hydrogen) atoms. The summed E-state index contributed by atoms with van der Waals surface area (Å²) >= 11 is 3.56. The lowest BCUT2D eigenvalue weighted by Crippen LogP contribution is -2.13. The number of anilines is 1. The molecule has 0 radical (unpaired) electrons. The number of nitrogens with one attached hydrogen (secondary N) is 2. The molecule has 0 bridgehead atoms. The molecule has 0 saturated carbocycles. The Morgan fingerprint density at radius 1 is 1.10 bits per heavy atom. The van der Waals surface area contributed by atoms with E-state index >= 15 is 0 Å². The summed E-state index contributed by atoms with van der Waals surface area (Å²) in [6, 6.07) is 10.2. The Balaban J connectivity index is 1.86. The van der Waals surface area contributed by atoms with E-state index in [1.807, 2.05) is 19.2 Å². The van der Waals surface area contributed by atoms with Crippen LogP contribution in [0.15, 0.2) is 41.0 Å². The van der Waals surface area contributed by atoms with Gasteiger partial charge in [-0.05, 0) is 31.2 Å². The fraction of sp³-hybridized carbons (Fsp3) is 0.333. The summed E-state index contributed by atoms with van der Waals surface area (Å²) in [4.78, 5) is 8.75. The topological polar surface area (TPSA) is 49.8 Å². The van der Waals surface area contributed by atoms with Crippen LogP contribution in [0.5, 0.6) is 0 Å². The van der Waals surface area contributed by atoms with Gasteiger partial charge in [-0.1, -0.05) is 34.1 Å². The van der Waals surface area contributed by atoms with Crippen molar-refractivity contribution in [3.05, 3.63) is 52.4 Å². The lowest BCUT2D eigenvalue weighted by atomic mass is 10.1. The van der Waals surface area contributed by atoms with E-state index < -0.39 is 0 Å². The highest BCUT2D eigenvalue weighted by molar-refractivity contribution is 9.10. The molecule has 4 nitrogen and oxygen atoms in total. The number of benzene rings is 1. The molecule has 0 aliphatic carbocycles. The molecule has 1 heterocycles. The monoisotopic (exact) mass is 334 g/mol. The van der Waals surface area contributed by atoms with Gasteiger partial charge in [0.25, 0.3) is 0 Å². The molecular formula is C15H19BrN4. The van der Waals surface area contributed by atoms with Gasteiger partial charge in [-0.3, -0.25) is 0 Å². The number of hydrogen-bond acceptors (Lipinski definition) is 4. The van der Waals surface area contributed by atoms with E-state index in [0.717, 1.165) is 42.0 Å². The van der Waals surface area contributed by atoms with Crippen LogP contribution in [0.2, 0.25) is 0 Å². The van der Waals surface area contributed by atoms with Crippen molar-refractivity contribution in [2.45, 2.75) is 12.8 Å². The first kappa shape index (κ1) is 14.9. The summed E-state index contributed by atoms with van der Waals surface area (Å²) in [5.74, 6) is 1.75. The van der Waals surface area contributed by atoms with Crippen LogP contribution in [0.1, 0.15) is 11.4 Å². The summed E-state index contributed by atoms with van der Waals surface area (Å²) in [7, 11) is 1.93. The number of hydrogen-bond donors (Lipinski definition) is 2. The van der Waals surface area contributed by atoms with Gasteiger partial charge in [0, 0.05) is 30.2 Å². The number of nitrogens with zero attached hydrogens (tertiary/aromatic N) is 2. The molecule has 0 unspecified atom stereocenters. The van der Waals surface area contributed by atoms with Crippen LogP contribution in [0, 0.1) is 0 Å². The molecule has 2 N–H and O–H groups in total. The molecule has 1 aromatic heterocycles. The van der Waals surface area contributed by atoms with Crippen LogP contribution in [-0.2, 0) is 12.8 Å². The zero-order valence-corrected chi connectivity index (χ0v) is 13.2. The van der Waals surface area contributed by atoms with Gasteiger partial charge in [0.05, 0.1) is 0 Å². The lowest BCUT2D eigenvalue weighted by molar-refractivity contribution is 0.755. The average Bonchev–Trinajstić information content (AvgIpc) is 2.48. The van der Waals surface area contributed by atoms with Crippen LogP contribution >= 0.6 is 15.9 Å². The molecule has 106 valence electrons. The second-order valence-electron chi connectivity index (χ2n) is 4.48. The van der Waals surface area contributed by atoms with Crippen molar-refractivity contribution in [3.63, 3.8) is 0 Å². The molecule has 5 heteroatoms. The molecule has 0 atom stereocenters. The van der Waals surface area contributed by atoms with Crippen LogP contribution in [-0.4, -0.2) is 30.1 Å². The molecule has 0 amide bonds. The Hall–Kier alpha value is -1.46. The predicted molar refractivity (Wildman–Crippen MR) is 86.0 cm³/mol. The van der Waals surface area contributed by atoms with Crippen LogP contribution in [0.4, 0.5) is 5.82 Å². The Labute approximate surface area is 128 Å². The molecule has 0 fully saturated rings. The van der Waals surface area contributed by atoms with Gasteiger partial charge in [0.15, 0.2) is 0 Å². The third kappa shape index (κ3) is 4.58. The van der Waals surface area contributed by atoms with Crippen molar-refractivity contribution >= 4 is 21.7 Å². The second kappa shape index (κ2) is 7.97. The normalized spacial score (nSPS) is 10.5. The number of likely N-dealkylation sites (N-methyl/N-ethyl adjacent to an activating group) is 1. The standard InChI is InChI=1S/C15H19BrN4/c1-17-9-7-14-19-11-8-15(20-14)18-10-6-12-4-2-3-5-13(12)16/h2-5,8,11,17H,6-7,9-10H2,1H3,(H,18,19,20). The average molecular weight is 335 g/mol. The van der Waals surface area contributed by atoms with Gasteiger partial charge < -0.3 is 10.6 Å². The zero-order valence-electron chi connectivity index (χ0n) is 11.6. The second-order valence-corrected chi connectivity index (χ2v) is 5.33. The number of halogens is 1. The van der Waals surface area contributed by atoms with E-state index in [4.69, 9.17) is 0 Å². The Morgan fingerprint density at radius 2 is 1.95 bits per heavy atom. The maximum absolute atomic E-state index is 4.49. The maximum Gasteiger partial charge on any atom is 0.131 e. The zero-order chi connectivity index (χ0) is 14.2. The molecule has 0 saturated heterocycles. The highest BCUT2D eigenvalue weighted by Gasteiger charge is 2.01. The first-order chi connectivity index (χ1) is 9.79. The van der Waals surface area contributed by atoms with Gasteiger partial charge in [-0.25, -0.2) is 9.97 Å². The van der Waals surface area contributed by atoms with Gasteiger partial charge >= 0.3 is 0 Å². The molecule has 2 rings (SSSR count).